The van der Waals surface area contributed by atoms with Crippen LogP contribution in [0.1, 0.15) is 0 Å². The molecule has 0 saturated heterocycles. The minimum Gasteiger partial charge on any atom is -0.195 e. The Hall–Kier alpha value is 0.0900. The number of hydrogen-bond donors (Lipinski definition) is 0. The van der Waals surface area contributed by atoms with Crippen molar-refractivity contribution in [2.45, 2.75) is 0 Å². The molecule has 0 radical (unpaired) electrons. The zero-order valence-corrected chi connectivity index (χ0v) is 11.4. The van der Waals surface area contributed by atoms with Crippen LogP contribution in [0.15, 0.2) is 30.5 Å². The van der Waals surface area contributed by atoms with E-state index >= 15 is 0 Å². The molecule has 1 aromatic heterocycles. The number of benzene rings is 1. The van der Waals surface area contributed by atoms with Crippen LogP contribution in [0.2, 0.25) is 0 Å². The fourth-order valence-corrected chi connectivity index (χ4v) is 2.86. The molecule has 3 heteroatoms. The van der Waals surface area contributed by atoms with E-state index in [9.17, 15) is 0 Å². The van der Waals surface area contributed by atoms with E-state index in [1.807, 2.05) is 0 Å². The smallest absolute Gasteiger partial charge is 0.195 e. The van der Waals surface area contributed by atoms with Gasteiger partial charge in [0.05, 0.1) is 8.96 Å². The molecule has 0 unspecified atom stereocenters. The summed E-state index contributed by atoms with van der Waals surface area (Å²) in [6.45, 7) is 0. The molecule has 0 N–H and O–H groups in total. The quantitative estimate of drug-likeness (QED) is 0.367. The maximum Gasteiger partial charge on any atom is 0.248 e. The van der Waals surface area contributed by atoms with Crippen LogP contribution < -0.4 is 4.57 Å². The van der Waals surface area contributed by atoms with E-state index in [2.05, 4.69) is 87.3 Å². The highest BCUT2D eigenvalue weighted by Gasteiger charge is 2.10. The summed E-state index contributed by atoms with van der Waals surface area (Å²) in [4.78, 5) is 0. The lowest BCUT2D eigenvalue weighted by molar-refractivity contribution is -0.683. The van der Waals surface area contributed by atoms with Crippen molar-refractivity contribution >= 4 is 56.0 Å². The SMILES string of the molecule is C[n+]1cc(I)c2ccccc2c1I. The van der Waals surface area contributed by atoms with Gasteiger partial charge in [-0.3, -0.25) is 0 Å². The number of nitrogens with zero attached hydrogens (tertiary/aromatic N) is 1. The maximum absolute atomic E-state index is 2.38. The van der Waals surface area contributed by atoms with E-state index in [4.69, 9.17) is 0 Å². The van der Waals surface area contributed by atoms with E-state index in [1.165, 1.54) is 18.0 Å². The first-order chi connectivity index (χ1) is 6.20. The molecule has 0 aliphatic carbocycles. The van der Waals surface area contributed by atoms with Gasteiger partial charge in [0.2, 0.25) is 3.70 Å². The third-order valence-corrected chi connectivity index (χ3v) is 4.22. The van der Waals surface area contributed by atoms with Crippen LogP contribution >= 0.6 is 45.2 Å². The Labute approximate surface area is 104 Å². The molecule has 0 saturated carbocycles. The molecule has 0 aliphatic rings. The van der Waals surface area contributed by atoms with Gasteiger partial charge < -0.3 is 0 Å². The molecular weight excluding hydrogens is 388 g/mol. The lowest BCUT2D eigenvalue weighted by Crippen LogP contribution is -2.32. The van der Waals surface area contributed by atoms with Crippen molar-refractivity contribution < 1.29 is 4.57 Å². The molecule has 0 fully saturated rings. The molecule has 0 spiro atoms. The first-order valence-electron chi connectivity index (χ1n) is 3.92. The molecule has 0 atom stereocenters. The Balaban J connectivity index is 2.97. The number of halogens is 2. The van der Waals surface area contributed by atoms with E-state index in [1.54, 1.807) is 0 Å². The van der Waals surface area contributed by atoms with Crippen molar-refractivity contribution in [3.63, 3.8) is 0 Å². The highest BCUT2D eigenvalue weighted by Crippen LogP contribution is 2.21. The van der Waals surface area contributed by atoms with Crippen molar-refractivity contribution in [3.05, 3.63) is 37.7 Å². The minimum atomic E-state index is 1.29. The second kappa shape index (κ2) is 3.68. The Morgan fingerprint density at radius 2 is 1.69 bits per heavy atom. The molecule has 0 bridgehead atoms. The number of pyridine rings is 1. The topological polar surface area (TPSA) is 3.88 Å². The number of aromatic nitrogens is 1. The van der Waals surface area contributed by atoms with Crippen LogP contribution in [0.25, 0.3) is 10.8 Å². The fourth-order valence-electron chi connectivity index (χ4n) is 1.36. The van der Waals surface area contributed by atoms with Crippen LogP contribution in [-0.2, 0) is 7.05 Å². The van der Waals surface area contributed by atoms with E-state index < -0.39 is 0 Å². The van der Waals surface area contributed by atoms with Gasteiger partial charge in [-0.15, -0.1) is 0 Å². The molecule has 1 nitrogen and oxygen atoms in total. The van der Waals surface area contributed by atoms with Crippen molar-refractivity contribution in [2.75, 3.05) is 0 Å². The Morgan fingerprint density at radius 1 is 1.08 bits per heavy atom. The van der Waals surface area contributed by atoms with Crippen molar-refractivity contribution in [2.24, 2.45) is 7.05 Å². The predicted octanol–water partition coefficient (Wildman–Crippen LogP) is 2.87. The van der Waals surface area contributed by atoms with Gasteiger partial charge >= 0.3 is 0 Å². The third-order valence-electron chi connectivity index (χ3n) is 2.02. The van der Waals surface area contributed by atoms with Crippen LogP contribution in [0.3, 0.4) is 0 Å². The van der Waals surface area contributed by atoms with Gasteiger partial charge in [0.25, 0.3) is 0 Å². The summed E-state index contributed by atoms with van der Waals surface area (Å²) in [5, 5.41) is 2.67. The largest absolute Gasteiger partial charge is 0.248 e. The highest BCUT2D eigenvalue weighted by molar-refractivity contribution is 14.1. The number of aryl methyl sites for hydroxylation is 1. The monoisotopic (exact) mass is 396 g/mol. The van der Waals surface area contributed by atoms with Crippen LogP contribution in [0, 0.1) is 7.27 Å². The van der Waals surface area contributed by atoms with Crippen molar-refractivity contribution in [1.29, 1.82) is 0 Å². The second-order valence-corrected chi connectivity index (χ2v) is 5.11. The van der Waals surface area contributed by atoms with E-state index in [0.717, 1.165) is 0 Å². The Kier molecular flexibility index (Phi) is 2.73. The first kappa shape index (κ1) is 9.64. The van der Waals surface area contributed by atoms with Gasteiger partial charge in [-0.1, -0.05) is 18.2 Å². The van der Waals surface area contributed by atoms with Gasteiger partial charge in [-0.2, -0.15) is 4.57 Å². The van der Waals surface area contributed by atoms with Gasteiger partial charge in [0.15, 0.2) is 6.20 Å². The summed E-state index contributed by atoms with van der Waals surface area (Å²) in [6.07, 6.45) is 2.16. The average molecular weight is 396 g/mol. The molecule has 0 aliphatic heterocycles. The summed E-state index contributed by atoms with van der Waals surface area (Å²) in [5.41, 5.74) is 0. The first-order valence-corrected chi connectivity index (χ1v) is 6.08. The van der Waals surface area contributed by atoms with Crippen LogP contribution in [0.4, 0.5) is 0 Å². The average Bonchev–Trinajstić information content (AvgIpc) is 2.15. The Morgan fingerprint density at radius 3 is 2.38 bits per heavy atom. The van der Waals surface area contributed by atoms with Crippen LogP contribution in [-0.4, -0.2) is 0 Å². The second-order valence-electron chi connectivity index (χ2n) is 2.92. The fraction of sp³-hybridized carbons (Fsp3) is 0.100. The zero-order chi connectivity index (χ0) is 9.42. The van der Waals surface area contributed by atoms with Gasteiger partial charge in [-0.25, -0.2) is 0 Å². The highest BCUT2D eigenvalue weighted by atomic mass is 127. The van der Waals surface area contributed by atoms with E-state index in [0.29, 0.717) is 0 Å². The standard InChI is InChI=1S/C10H8I2N/c1-13-6-9(11)7-4-2-3-5-8(7)10(13)12/h2-6H,1H3/q+1. The summed E-state index contributed by atoms with van der Waals surface area (Å²) in [6, 6.07) is 8.50. The third kappa shape index (κ3) is 1.68. The Bertz CT molecular complexity index is 466. The minimum absolute atomic E-state index is 1.29. The van der Waals surface area contributed by atoms with Gasteiger partial charge in [0.1, 0.15) is 7.05 Å². The molecule has 0 amide bonds. The molecule has 2 aromatic rings. The molecule has 2 rings (SSSR count). The van der Waals surface area contributed by atoms with Crippen molar-refractivity contribution in [3.8, 4) is 0 Å². The van der Waals surface area contributed by atoms with Crippen molar-refractivity contribution in [1.82, 2.24) is 0 Å². The lowest BCUT2D eigenvalue weighted by atomic mass is 10.2. The van der Waals surface area contributed by atoms with Gasteiger partial charge in [-0.05, 0) is 28.7 Å². The molecule has 66 valence electrons. The predicted molar refractivity (Wildman–Crippen MR) is 70.6 cm³/mol. The molecule has 1 heterocycles. The lowest BCUT2D eigenvalue weighted by Gasteiger charge is -2.00. The summed E-state index contributed by atoms with van der Waals surface area (Å²) < 4.78 is 4.75. The molecule has 13 heavy (non-hydrogen) atoms. The zero-order valence-electron chi connectivity index (χ0n) is 7.09. The molecular formula is C10H8I2N+. The number of fused-ring (bicyclic) bond motifs is 1. The summed E-state index contributed by atoms with van der Waals surface area (Å²) in [5.74, 6) is 0. The number of hydrogen-bond acceptors (Lipinski definition) is 0. The summed E-state index contributed by atoms with van der Waals surface area (Å²) >= 11 is 4.76. The number of rotatable bonds is 0. The van der Waals surface area contributed by atoms with Gasteiger partial charge in [0, 0.05) is 28.0 Å². The maximum atomic E-state index is 2.38. The normalized spacial score (nSPS) is 10.7. The van der Waals surface area contributed by atoms with E-state index in [-0.39, 0.29) is 0 Å². The van der Waals surface area contributed by atoms with Crippen LogP contribution in [0.5, 0.6) is 0 Å². The summed E-state index contributed by atoms with van der Waals surface area (Å²) in [7, 11) is 2.08. The molecule has 1 aromatic carbocycles.